The molecule has 2 amide bonds. The van der Waals surface area contributed by atoms with E-state index in [1.54, 1.807) is 24.3 Å². The Bertz CT molecular complexity index is 414. The summed E-state index contributed by atoms with van der Waals surface area (Å²) < 4.78 is 5.46. The topological polar surface area (TPSA) is 55.4 Å². The highest BCUT2D eigenvalue weighted by atomic mass is 16.5. The third kappa shape index (κ3) is 1.70. The van der Waals surface area contributed by atoms with E-state index in [-0.39, 0.29) is 5.91 Å². The van der Waals surface area contributed by atoms with Crippen molar-refractivity contribution in [1.29, 1.82) is 0 Å². The third-order valence-corrected chi connectivity index (χ3v) is 2.30. The van der Waals surface area contributed by atoms with E-state index in [9.17, 15) is 9.59 Å². The lowest BCUT2D eigenvalue weighted by molar-refractivity contribution is -0.126. The van der Waals surface area contributed by atoms with Gasteiger partial charge in [0.2, 0.25) is 0 Å². The summed E-state index contributed by atoms with van der Waals surface area (Å²) in [5, 5.41) is 2.30. The van der Waals surface area contributed by atoms with E-state index in [0.717, 1.165) is 0 Å². The van der Waals surface area contributed by atoms with E-state index in [1.165, 1.54) is 0 Å². The van der Waals surface area contributed by atoms with Gasteiger partial charge in [-0.3, -0.25) is 14.9 Å². The van der Waals surface area contributed by atoms with E-state index >= 15 is 0 Å². The van der Waals surface area contributed by atoms with Gasteiger partial charge in [-0.05, 0) is 18.6 Å². The van der Waals surface area contributed by atoms with Crippen LogP contribution >= 0.6 is 0 Å². The maximum Gasteiger partial charge on any atom is 0.267 e. The molecular formula is C11H11NO3. The summed E-state index contributed by atoms with van der Waals surface area (Å²) in [6.45, 7) is 1.84. The van der Waals surface area contributed by atoms with Gasteiger partial charge in [0, 0.05) is 0 Å². The number of benzene rings is 1. The Labute approximate surface area is 87.2 Å². The maximum absolute atomic E-state index is 11.6. The number of ether oxygens (including phenoxy) is 1. The molecule has 1 atom stereocenters. The first-order valence-corrected chi connectivity index (χ1v) is 4.83. The standard InChI is InChI=1S/C11H11NO3/c1-2-8-11(14)12-10(13)7-5-3-4-6-9(7)15-8/h3-6,8H,2H2,1H3,(H,12,13,14)/t8-/m0/s1. The zero-order valence-corrected chi connectivity index (χ0v) is 8.32. The fourth-order valence-corrected chi connectivity index (χ4v) is 1.49. The quantitative estimate of drug-likeness (QED) is 0.699. The zero-order chi connectivity index (χ0) is 10.8. The number of fused-ring (bicyclic) bond motifs is 1. The van der Waals surface area contributed by atoms with Crippen LogP contribution in [0.25, 0.3) is 0 Å². The first-order chi connectivity index (χ1) is 7.22. The van der Waals surface area contributed by atoms with Gasteiger partial charge in [0.05, 0.1) is 5.56 Å². The molecule has 2 rings (SSSR count). The number of hydrogen-bond donors (Lipinski definition) is 1. The lowest BCUT2D eigenvalue weighted by atomic mass is 10.2. The third-order valence-electron chi connectivity index (χ3n) is 2.30. The maximum atomic E-state index is 11.6. The zero-order valence-electron chi connectivity index (χ0n) is 8.32. The molecule has 1 aliphatic heterocycles. The van der Waals surface area contributed by atoms with Crippen molar-refractivity contribution in [2.45, 2.75) is 19.4 Å². The Morgan fingerprint density at radius 3 is 2.80 bits per heavy atom. The van der Waals surface area contributed by atoms with Crippen LogP contribution in [0.15, 0.2) is 24.3 Å². The number of carbonyl (C=O) groups excluding carboxylic acids is 2. The van der Waals surface area contributed by atoms with E-state index in [1.807, 2.05) is 6.92 Å². The molecule has 15 heavy (non-hydrogen) atoms. The number of imide groups is 1. The van der Waals surface area contributed by atoms with Crippen molar-refractivity contribution in [2.75, 3.05) is 0 Å². The molecule has 1 aromatic rings. The average molecular weight is 205 g/mol. The van der Waals surface area contributed by atoms with E-state index in [2.05, 4.69) is 5.32 Å². The van der Waals surface area contributed by atoms with Crippen molar-refractivity contribution < 1.29 is 14.3 Å². The predicted molar refractivity (Wildman–Crippen MR) is 53.6 cm³/mol. The smallest absolute Gasteiger partial charge is 0.267 e. The molecule has 78 valence electrons. The minimum atomic E-state index is -0.586. The second-order valence-corrected chi connectivity index (χ2v) is 3.33. The van der Waals surface area contributed by atoms with Crippen molar-refractivity contribution >= 4 is 11.8 Å². The molecule has 4 heteroatoms. The molecule has 1 N–H and O–H groups in total. The summed E-state index contributed by atoms with van der Waals surface area (Å²) in [6, 6.07) is 6.83. The highest BCUT2D eigenvalue weighted by Crippen LogP contribution is 2.22. The van der Waals surface area contributed by atoms with Crippen molar-refractivity contribution in [3.05, 3.63) is 29.8 Å². The van der Waals surface area contributed by atoms with Crippen LogP contribution in [-0.4, -0.2) is 17.9 Å². The minimum Gasteiger partial charge on any atom is -0.480 e. The number of nitrogens with one attached hydrogen (secondary N) is 1. The van der Waals surface area contributed by atoms with Crippen LogP contribution < -0.4 is 10.1 Å². The highest BCUT2D eigenvalue weighted by Gasteiger charge is 2.27. The van der Waals surface area contributed by atoms with Gasteiger partial charge in [0.1, 0.15) is 5.75 Å². The molecule has 0 spiro atoms. The van der Waals surface area contributed by atoms with Crippen molar-refractivity contribution in [3.8, 4) is 5.75 Å². The van der Waals surface area contributed by atoms with E-state index in [4.69, 9.17) is 4.74 Å². The van der Waals surface area contributed by atoms with Crippen LogP contribution in [0.3, 0.4) is 0 Å². The number of carbonyl (C=O) groups is 2. The molecule has 0 aliphatic carbocycles. The second-order valence-electron chi connectivity index (χ2n) is 3.33. The van der Waals surface area contributed by atoms with Crippen LogP contribution in [0.5, 0.6) is 5.75 Å². The lowest BCUT2D eigenvalue weighted by Gasteiger charge is -2.12. The fourth-order valence-electron chi connectivity index (χ4n) is 1.49. The molecule has 0 saturated carbocycles. The van der Waals surface area contributed by atoms with Gasteiger partial charge in [-0.2, -0.15) is 0 Å². The molecular weight excluding hydrogens is 194 g/mol. The monoisotopic (exact) mass is 205 g/mol. The highest BCUT2D eigenvalue weighted by molar-refractivity contribution is 6.08. The molecule has 0 unspecified atom stereocenters. The van der Waals surface area contributed by atoms with Crippen LogP contribution in [0.2, 0.25) is 0 Å². The molecule has 1 aromatic carbocycles. The number of amides is 2. The number of rotatable bonds is 1. The minimum absolute atomic E-state index is 0.376. The summed E-state index contributed by atoms with van der Waals surface area (Å²) in [5.74, 6) is -0.307. The molecule has 4 nitrogen and oxygen atoms in total. The summed E-state index contributed by atoms with van der Waals surface area (Å²) in [6.07, 6.45) is -0.0504. The Morgan fingerprint density at radius 2 is 2.07 bits per heavy atom. The van der Waals surface area contributed by atoms with Gasteiger partial charge in [-0.25, -0.2) is 0 Å². The summed E-state index contributed by atoms with van der Waals surface area (Å²) >= 11 is 0. The largest absolute Gasteiger partial charge is 0.480 e. The van der Waals surface area contributed by atoms with Gasteiger partial charge in [-0.15, -0.1) is 0 Å². The number of hydrogen-bond acceptors (Lipinski definition) is 3. The Hall–Kier alpha value is -1.84. The van der Waals surface area contributed by atoms with E-state index in [0.29, 0.717) is 17.7 Å². The molecule has 0 fully saturated rings. The Balaban J connectivity index is 2.43. The second kappa shape index (κ2) is 3.73. The van der Waals surface area contributed by atoms with Crippen LogP contribution in [0, 0.1) is 0 Å². The van der Waals surface area contributed by atoms with Crippen LogP contribution in [-0.2, 0) is 4.79 Å². The van der Waals surface area contributed by atoms with Gasteiger partial charge < -0.3 is 4.74 Å². The Morgan fingerprint density at radius 1 is 1.33 bits per heavy atom. The van der Waals surface area contributed by atoms with E-state index < -0.39 is 12.0 Å². The molecule has 0 radical (unpaired) electrons. The summed E-state index contributed by atoms with van der Waals surface area (Å²) in [5.41, 5.74) is 0.404. The van der Waals surface area contributed by atoms with Crippen molar-refractivity contribution in [3.63, 3.8) is 0 Å². The Kier molecular flexibility index (Phi) is 2.41. The van der Waals surface area contributed by atoms with Gasteiger partial charge in [0.25, 0.3) is 11.8 Å². The lowest BCUT2D eigenvalue weighted by Crippen LogP contribution is -2.38. The summed E-state index contributed by atoms with van der Waals surface area (Å²) in [4.78, 5) is 23.0. The molecule has 0 saturated heterocycles. The van der Waals surface area contributed by atoms with Gasteiger partial charge in [0.15, 0.2) is 6.10 Å². The van der Waals surface area contributed by atoms with Crippen LogP contribution in [0.1, 0.15) is 23.7 Å². The van der Waals surface area contributed by atoms with Crippen molar-refractivity contribution in [2.24, 2.45) is 0 Å². The predicted octanol–water partition coefficient (Wildman–Crippen LogP) is 1.11. The summed E-state index contributed by atoms with van der Waals surface area (Å²) in [7, 11) is 0. The average Bonchev–Trinajstić information content (AvgIpc) is 2.36. The van der Waals surface area contributed by atoms with Crippen molar-refractivity contribution in [1.82, 2.24) is 5.32 Å². The normalized spacial score (nSPS) is 19.9. The number of para-hydroxylation sites is 1. The molecule has 0 aromatic heterocycles. The molecule has 1 heterocycles. The van der Waals surface area contributed by atoms with Gasteiger partial charge >= 0.3 is 0 Å². The fraction of sp³-hybridized carbons (Fsp3) is 0.273. The van der Waals surface area contributed by atoms with Crippen LogP contribution in [0.4, 0.5) is 0 Å². The van der Waals surface area contributed by atoms with Gasteiger partial charge in [-0.1, -0.05) is 19.1 Å². The molecule has 0 bridgehead atoms. The molecule has 1 aliphatic rings. The SMILES string of the molecule is CC[C@@H]1Oc2ccccc2C(=O)NC1=O. The first-order valence-electron chi connectivity index (χ1n) is 4.83. The first kappa shape index (κ1) is 9.71.